The van der Waals surface area contributed by atoms with Gasteiger partial charge in [-0.15, -0.1) is 0 Å². The van der Waals surface area contributed by atoms with Gasteiger partial charge in [-0.05, 0) is 24.6 Å². The zero-order valence-corrected chi connectivity index (χ0v) is 50.4. The molecule has 2 atom stereocenters. The van der Waals surface area contributed by atoms with E-state index in [-0.39, 0.29) is 78.8 Å². The van der Waals surface area contributed by atoms with E-state index in [9.17, 15) is 53.1 Å². The number of carbonyl (C=O) groups is 7. The summed E-state index contributed by atoms with van der Waals surface area (Å²) in [5, 5.41) is 24.4. The zero-order valence-electron chi connectivity index (χ0n) is 49.5. The predicted molar refractivity (Wildman–Crippen MR) is 312 cm³/mol. The second kappa shape index (κ2) is 34.5. The molecule has 4 aromatic rings. The number of nitro groups is 1. The summed E-state index contributed by atoms with van der Waals surface area (Å²) in [6.07, 6.45) is 22.0. The number of quaternary nitrogens is 1. The molecule has 0 aliphatic rings. The molecule has 0 radical (unpaired) electrons. The lowest BCUT2D eigenvalue weighted by atomic mass is 10.0. The number of nitrogens with one attached hydrogen (secondary N) is 5. The summed E-state index contributed by atoms with van der Waals surface area (Å²) in [4.78, 5) is 112. The zero-order chi connectivity index (χ0) is 61.1. The average Bonchev–Trinajstić information content (AvgIpc) is 4.28. The number of carbonyl (C=O) groups excluding carboxylic acids is 7. The number of ether oxygens (including phenoxy) is 2. The Morgan fingerprint density at radius 2 is 1.01 bits per heavy atom. The summed E-state index contributed by atoms with van der Waals surface area (Å²) in [7, 11) is 7.33. The van der Waals surface area contributed by atoms with Crippen molar-refractivity contribution in [2.75, 3.05) is 76.5 Å². The first-order chi connectivity index (χ1) is 39.3. The van der Waals surface area contributed by atoms with Gasteiger partial charge in [0.25, 0.3) is 29.3 Å². The van der Waals surface area contributed by atoms with Crippen LogP contribution in [-0.4, -0.2) is 141 Å². The molecule has 5 amide bonds. The first-order valence-electron chi connectivity index (χ1n) is 28.4. The van der Waals surface area contributed by atoms with Crippen LogP contribution in [0.25, 0.3) is 0 Å². The number of nitrogens with zero attached hydrogens (tertiary/aromatic N) is 6. The third-order valence-electron chi connectivity index (χ3n) is 13.4. The van der Waals surface area contributed by atoms with E-state index in [1.54, 1.807) is 21.1 Å². The van der Waals surface area contributed by atoms with Gasteiger partial charge in [-0.3, -0.25) is 52.7 Å². The highest BCUT2D eigenvalue weighted by molar-refractivity contribution is 7.47. The van der Waals surface area contributed by atoms with Crippen LogP contribution in [0.15, 0.2) is 49.1 Å². The van der Waals surface area contributed by atoms with Crippen LogP contribution in [0, 0.1) is 10.1 Å². The van der Waals surface area contributed by atoms with Crippen molar-refractivity contribution in [3.05, 3.63) is 81.9 Å². The van der Waals surface area contributed by atoms with E-state index in [0.717, 1.165) is 25.3 Å². The van der Waals surface area contributed by atoms with E-state index in [4.69, 9.17) is 18.5 Å². The van der Waals surface area contributed by atoms with Crippen molar-refractivity contribution < 1.29 is 70.9 Å². The molecule has 4 rings (SSSR count). The molecular formula is C56H87N11O15P+. The van der Waals surface area contributed by atoms with E-state index in [2.05, 4.69) is 33.5 Å². The van der Waals surface area contributed by atoms with Gasteiger partial charge in [0.1, 0.15) is 42.5 Å². The van der Waals surface area contributed by atoms with E-state index >= 15 is 0 Å². The molecule has 0 aliphatic heterocycles. The Hall–Kier alpha value is -7.12. The van der Waals surface area contributed by atoms with E-state index in [0.29, 0.717) is 23.1 Å². The predicted octanol–water partition coefficient (Wildman–Crippen LogP) is 7.89. The highest BCUT2D eigenvalue weighted by Crippen LogP contribution is 2.43. The van der Waals surface area contributed by atoms with Crippen LogP contribution < -0.4 is 26.6 Å². The fourth-order valence-electron chi connectivity index (χ4n) is 8.72. The molecule has 0 aliphatic carbocycles. The molecule has 460 valence electrons. The first-order valence-corrected chi connectivity index (χ1v) is 29.9. The van der Waals surface area contributed by atoms with E-state index < -0.39 is 73.5 Å². The lowest BCUT2D eigenvalue weighted by molar-refractivity contribution is -0.870. The van der Waals surface area contributed by atoms with Crippen molar-refractivity contribution in [2.45, 2.75) is 129 Å². The van der Waals surface area contributed by atoms with Gasteiger partial charge in [0.05, 0.1) is 62.4 Å². The maximum absolute atomic E-state index is 13.4. The van der Waals surface area contributed by atoms with Crippen LogP contribution in [0.5, 0.6) is 0 Å². The minimum atomic E-state index is -4.57. The number of hydrogen-bond acceptors (Lipinski definition) is 14. The normalized spacial score (nSPS) is 12.5. The Labute approximate surface area is 485 Å². The van der Waals surface area contributed by atoms with E-state index in [1.165, 1.54) is 139 Å². The average molecular weight is 1190 g/mol. The number of hydrogen-bond donors (Lipinski definition) is 6. The van der Waals surface area contributed by atoms with Crippen LogP contribution >= 0.6 is 7.82 Å². The fourth-order valence-corrected chi connectivity index (χ4v) is 9.46. The molecule has 0 aromatic carbocycles. The number of aryl methyl sites for hydroxylation is 4. The molecule has 0 bridgehead atoms. The summed E-state index contributed by atoms with van der Waals surface area (Å²) in [5.41, 5.74) is 1.09. The number of unbranched alkanes of at least 4 members (excludes halogenated alkanes) is 14. The highest BCUT2D eigenvalue weighted by Gasteiger charge is 2.28. The summed E-state index contributed by atoms with van der Waals surface area (Å²) < 4.78 is 40.0. The third kappa shape index (κ3) is 25.5. The minimum absolute atomic E-state index is 0.0427. The molecule has 26 nitrogen and oxygen atoms in total. The Balaban J connectivity index is 1.19. The maximum Gasteiger partial charge on any atom is 0.472 e. The van der Waals surface area contributed by atoms with Gasteiger partial charge < -0.3 is 63.7 Å². The van der Waals surface area contributed by atoms with Gasteiger partial charge in [-0.25, -0.2) is 4.57 Å². The standard InChI is InChI=1S/C56H86N11O15P/c1-9-10-11-12-13-14-15-16-17-18-19-20-21-22-23-24-51(69)79-39-45(40-81-83(77,78)80-30-29-67(6,7)8)82-52(70)26-28-58-54(72)47-32-42(36-63(47)3)60-55(73)48-31-41(35-64(48)4)59-50(68)25-27-57-53(71)46-33-43(37-62(46)2)61-56(74)49-34-44(66(75)76)38-65(49)5/h31-38,45H,9-30,39-40H2,1-8H3,(H5-,57,58,59,60,61,68,71,72,73,74,77,78)/p+1/t45-/m1/s1. The van der Waals surface area contributed by atoms with Gasteiger partial charge in [0.2, 0.25) is 5.91 Å². The van der Waals surface area contributed by atoms with Crippen LogP contribution in [0.4, 0.5) is 22.7 Å². The smallest absolute Gasteiger partial charge is 0.462 e. The largest absolute Gasteiger partial charge is 0.472 e. The number of amides is 5. The molecule has 0 spiro atoms. The van der Waals surface area contributed by atoms with Crippen molar-refractivity contribution in [3.63, 3.8) is 0 Å². The van der Waals surface area contributed by atoms with Gasteiger partial charge >= 0.3 is 19.8 Å². The third-order valence-corrected chi connectivity index (χ3v) is 14.3. The topological polar surface area (TPSA) is 317 Å². The molecule has 83 heavy (non-hydrogen) atoms. The van der Waals surface area contributed by atoms with Crippen LogP contribution in [0.1, 0.15) is 164 Å². The van der Waals surface area contributed by atoms with Crippen molar-refractivity contribution in [3.8, 4) is 0 Å². The lowest BCUT2D eigenvalue weighted by Gasteiger charge is -2.24. The molecule has 4 heterocycles. The van der Waals surface area contributed by atoms with Gasteiger partial charge in [-0.2, -0.15) is 0 Å². The number of anilines is 3. The number of likely N-dealkylation sites (N-methyl/N-ethyl adjacent to an activating group) is 1. The Bertz CT molecular complexity index is 2850. The molecule has 27 heteroatoms. The second-order valence-electron chi connectivity index (χ2n) is 21.7. The molecule has 0 saturated heterocycles. The fraction of sp³-hybridized carbons (Fsp3) is 0.589. The molecule has 4 aromatic heterocycles. The van der Waals surface area contributed by atoms with Gasteiger partial charge in [-0.1, -0.05) is 96.8 Å². The first kappa shape index (κ1) is 68.4. The van der Waals surface area contributed by atoms with Gasteiger partial charge in [0.15, 0.2) is 6.10 Å². The molecule has 6 N–H and O–H groups in total. The SMILES string of the molecule is CCCCCCCCCCCCCCCCCC(=O)OC[C@H](COP(=O)(O)OCC[N+](C)(C)C)OC(=O)CCNC(=O)c1cc(NC(=O)c2cc(NC(=O)CCNC(=O)c3cc(NC(=O)c4cc([N+](=O)[O-])cn4C)cn3C)cn2C)cn1C. The second-order valence-corrected chi connectivity index (χ2v) is 23.2. The molecule has 0 fully saturated rings. The minimum Gasteiger partial charge on any atom is -0.462 e. The Morgan fingerprint density at radius 3 is 1.48 bits per heavy atom. The number of phosphoric ester groups is 1. The molecule has 0 saturated carbocycles. The quantitative estimate of drug-likeness (QED) is 0.00616. The Kier molecular flexibility index (Phi) is 28.4. The number of esters is 2. The molecular weight excluding hydrogens is 1100 g/mol. The summed E-state index contributed by atoms with van der Waals surface area (Å²) in [5.74, 6) is -4.08. The summed E-state index contributed by atoms with van der Waals surface area (Å²) >= 11 is 0. The number of aromatic nitrogens is 4. The maximum atomic E-state index is 13.4. The van der Waals surface area contributed by atoms with Crippen molar-refractivity contribution >= 4 is 72.0 Å². The summed E-state index contributed by atoms with van der Waals surface area (Å²) in [6, 6.07) is 5.43. The number of phosphoric acid groups is 1. The summed E-state index contributed by atoms with van der Waals surface area (Å²) in [6.45, 7) is 1.27. The molecule has 1 unspecified atom stereocenters. The van der Waals surface area contributed by atoms with Crippen molar-refractivity contribution in [1.29, 1.82) is 0 Å². The Morgan fingerprint density at radius 1 is 0.578 bits per heavy atom. The number of rotatable bonds is 40. The van der Waals surface area contributed by atoms with E-state index in [1.807, 2.05) is 21.1 Å². The van der Waals surface area contributed by atoms with Crippen molar-refractivity contribution in [1.82, 2.24) is 28.9 Å². The van der Waals surface area contributed by atoms with Crippen molar-refractivity contribution in [2.24, 2.45) is 28.2 Å². The van der Waals surface area contributed by atoms with Crippen LogP contribution in [-0.2, 0) is 65.7 Å². The highest BCUT2D eigenvalue weighted by atomic mass is 31.2. The lowest BCUT2D eigenvalue weighted by Crippen LogP contribution is -2.37. The van der Waals surface area contributed by atoms with Gasteiger partial charge in [0, 0.05) is 78.8 Å². The van der Waals surface area contributed by atoms with Crippen LogP contribution in [0.2, 0.25) is 0 Å². The monoisotopic (exact) mass is 1180 g/mol. The van der Waals surface area contributed by atoms with Crippen LogP contribution in [0.3, 0.4) is 0 Å².